The number of hydrogen-bond acceptors (Lipinski definition) is 3. The van der Waals surface area contributed by atoms with Gasteiger partial charge in [0, 0.05) is 17.2 Å². The Kier molecular flexibility index (Phi) is 5.31. The fourth-order valence-corrected chi connectivity index (χ4v) is 3.00. The van der Waals surface area contributed by atoms with Gasteiger partial charge < -0.3 is 15.1 Å². The molecule has 1 aliphatic carbocycles. The molecule has 0 bridgehead atoms. The third-order valence-corrected chi connectivity index (χ3v) is 4.39. The number of hydrogen-bond donors (Lipinski definition) is 2. The molecule has 126 valence electrons. The van der Waals surface area contributed by atoms with Gasteiger partial charge in [0.15, 0.2) is 0 Å². The Hall–Kier alpha value is -2.56. The van der Waals surface area contributed by atoms with Gasteiger partial charge >= 0.3 is 0 Å². The Labute approximate surface area is 141 Å². The molecule has 1 saturated carbocycles. The van der Waals surface area contributed by atoms with Crippen molar-refractivity contribution in [1.82, 2.24) is 5.32 Å². The van der Waals surface area contributed by atoms with E-state index in [-0.39, 0.29) is 17.7 Å². The maximum Gasteiger partial charge on any atom is 0.251 e. The van der Waals surface area contributed by atoms with E-state index in [2.05, 4.69) is 10.6 Å². The van der Waals surface area contributed by atoms with Crippen molar-refractivity contribution in [2.24, 2.45) is 5.92 Å². The summed E-state index contributed by atoms with van der Waals surface area (Å²) in [5.41, 5.74) is 1.28. The van der Waals surface area contributed by atoms with Gasteiger partial charge in [0.25, 0.3) is 5.91 Å². The molecule has 1 aliphatic rings. The van der Waals surface area contributed by atoms with Crippen LogP contribution in [0.25, 0.3) is 0 Å². The van der Waals surface area contributed by atoms with Crippen molar-refractivity contribution in [2.45, 2.75) is 38.6 Å². The zero-order valence-electron chi connectivity index (χ0n) is 13.6. The minimum absolute atomic E-state index is 0.0877. The quantitative estimate of drug-likeness (QED) is 0.879. The van der Waals surface area contributed by atoms with Gasteiger partial charge in [-0.3, -0.25) is 9.59 Å². The lowest BCUT2D eigenvalue weighted by atomic mass is 9.88. The van der Waals surface area contributed by atoms with Crippen LogP contribution in [-0.2, 0) is 11.3 Å². The summed E-state index contributed by atoms with van der Waals surface area (Å²) in [4.78, 5) is 24.3. The second-order valence-corrected chi connectivity index (χ2v) is 6.16. The summed E-state index contributed by atoms with van der Waals surface area (Å²) in [6.45, 7) is 0.353. The molecule has 1 aromatic carbocycles. The van der Waals surface area contributed by atoms with Crippen molar-refractivity contribution in [2.75, 3.05) is 5.32 Å². The van der Waals surface area contributed by atoms with Crippen LogP contribution in [0.4, 0.5) is 5.69 Å². The van der Waals surface area contributed by atoms with E-state index in [9.17, 15) is 9.59 Å². The number of amides is 2. The van der Waals surface area contributed by atoms with E-state index in [4.69, 9.17) is 4.42 Å². The van der Waals surface area contributed by atoms with E-state index in [1.165, 1.54) is 6.42 Å². The van der Waals surface area contributed by atoms with Crippen LogP contribution in [0.3, 0.4) is 0 Å². The number of rotatable bonds is 5. The lowest BCUT2D eigenvalue weighted by Gasteiger charge is -2.20. The molecule has 0 radical (unpaired) electrons. The van der Waals surface area contributed by atoms with Crippen LogP contribution in [0.2, 0.25) is 0 Å². The van der Waals surface area contributed by atoms with Crippen molar-refractivity contribution in [1.29, 1.82) is 0 Å². The van der Waals surface area contributed by atoms with Crippen LogP contribution in [0.15, 0.2) is 47.1 Å². The van der Waals surface area contributed by atoms with Crippen LogP contribution in [0, 0.1) is 5.92 Å². The van der Waals surface area contributed by atoms with E-state index in [1.807, 2.05) is 6.07 Å². The monoisotopic (exact) mass is 326 g/mol. The zero-order chi connectivity index (χ0) is 16.8. The topological polar surface area (TPSA) is 71.3 Å². The number of furan rings is 1. The third kappa shape index (κ3) is 4.25. The predicted molar refractivity (Wildman–Crippen MR) is 91.5 cm³/mol. The number of benzene rings is 1. The summed E-state index contributed by atoms with van der Waals surface area (Å²) in [5, 5.41) is 5.74. The van der Waals surface area contributed by atoms with Crippen LogP contribution in [0.5, 0.6) is 0 Å². The summed E-state index contributed by atoms with van der Waals surface area (Å²) in [7, 11) is 0. The molecule has 1 aromatic heterocycles. The standard InChI is InChI=1S/C19H22N2O3/c22-18(20-13-17-7-4-12-24-17)15-8-10-16(11-9-15)21-19(23)14-5-2-1-3-6-14/h4,7-12,14H,1-3,5-6,13H2,(H,20,22)(H,21,23). The second kappa shape index (κ2) is 7.81. The highest BCUT2D eigenvalue weighted by atomic mass is 16.3. The molecule has 1 heterocycles. The van der Waals surface area contributed by atoms with Crippen molar-refractivity contribution >= 4 is 17.5 Å². The fourth-order valence-electron chi connectivity index (χ4n) is 3.00. The first kappa shape index (κ1) is 16.3. The first-order chi connectivity index (χ1) is 11.7. The Bertz CT molecular complexity index is 671. The van der Waals surface area contributed by atoms with Gasteiger partial charge in [-0.2, -0.15) is 0 Å². The normalized spacial score (nSPS) is 15.0. The van der Waals surface area contributed by atoms with Crippen LogP contribution in [-0.4, -0.2) is 11.8 Å². The van der Waals surface area contributed by atoms with Gasteiger partial charge in [0.2, 0.25) is 5.91 Å². The number of carbonyl (C=O) groups is 2. The average Bonchev–Trinajstić information content (AvgIpc) is 3.14. The van der Waals surface area contributed by atoms with Gasteiger partial charge in [-0.1, -0.05) is 19.3 Å². The molecule has 2 N–H and O–H groups in total. The van der Waals surface area contributed by atoms with Gasteiger partial charge in [-0.15, -0.1) is 0 Å². The molecule has 2 amide bonds. The van der Waals surface area contributed by atoms with Gasteiger partial charge in [0.1, 0.15) is 5.76 Å². The summed E-state index contributed by atoms with van der Waals surface area (Å²) < 4.78 is 5.18. The maximum atomic E-state index is 12.2. The summed E-state index contributed by atoms with van der Waals surface area (Å²) >= 11 is 0. The Balaban J connectivity index is 1.52. The van der Waals surface area contributed by atoms with Crippen molar-refractivity contribution in [3.8, 4) is 0 Å². The number of anilines is 1. The molecular formula is C19H22N2O3. The minimum atomic E-state index is -0.170. The average molecular weight is 326 g/mol. The number of carbonyl (C=O) groups excluding carboxylic acids is 2. The van der Waals surface area contributed by atoms with Gasteiger partial charge in [-0.05, 0) is 49.2 Å². The molecule has 2 aromatic rings. The zero-order valence-corrected chi connectivity index (χ0v) is 13.6. The largest absolute Gasteiger partial charge is 0.467 e. The molecule has 1 fully saturated rings. The summed E-state index contributed by atoms with van der Waals surface area (Å²) in [6.07, 6.45) is 7.01. The highest BCUT2D eigenvalue weighted by molar-refractivity contribution is 5.96. The first-order valence-electron chi connectivity index (χ1n) is 8.44. The van der Waals surface area contributed by atoms with E-state index < -0.39 is 0 Å². The molecule has 0 atom stereocenters. The van der Waals surface area contributed by atoms with Gasteiger partial charge in [-0.25, -0.2) is 0 Å². The first-order valence-corrected chi connectivity index (χ1v) is 8.44. The molecule has 0 saturated heterocycles. The highest BCUT2D eigenvalue weighted by Gasteiger charge is 2.21. The maximum absolute atomic E-state index is 12.2. The smallest absolute Gasteiger partial charge is 0.251 e. The molecule has 5 heteroatoms. The third-order valence-electron chi connectivity index (χ3n) is 4.39. The lowest BCUT2D eigenvalue weighted by molar-refractivity contribution is -0.120. The van der Waals surface area contributed by atoms with E-state index in [0.29, 0.717) is 17.9 Å². The Morgan fingerprint density at radius 2 is 1.79 bits per heavy atom. The molecule has 0 aliphatic heterocycles. The lowest BCUT2D eigenvalue weighted by Crippen LogP contribution is -2.25. The summed E-state index contributed by atoms with van der Waals surface area (Å²) in [5.74, 6) is 0.746. The minimum Gasteiger partial charge on any atom is -0.467 e. The Morgan fingerprint density at radius 1 is 1.04 bits per heavy atom. The van der Waals surface area contributed by atoms with Crippen LogP contribution < -0.4 is 10.6 Å². The molecule has 5 nitrogen and oxygen atoms in total. The van der Waals surface area contributed by atoms with Crippen LogP contribution >= 0.6 is 0 Å². The second-order valence-electron chi connectivity index (χ2n) is 6.16. The highest BCUT2D eigenvalue weighted by Crippen LogP contribution is 2.25. The predicted octanol–water partition coefficient (Wildman–Crippen LogP) is 3.73. The van der Waals surface area contributed by atoms with Crippen molar-refractivity contribution in [3.63, 3.8) is 0 Å². The molecule has 0 spiro atoms. The van der Waals surface area contributed by atoms with E-state index >= 15 is 0 Å². The molecule has 0 unspecified atom stereocenters. The molecule has 3 rings (SSSR count). The molecular weight excluding hydrogens is 304 g/mol. The van der Waals surface area contributed by atoms with Crippen molar-refractivity contribution in [3.05, 3.63) is 54.0 Å². The SMILES string of the molecule is O=C(NCc1ccco1)c1ccc(NC(=O)C2CCCCC2)cc1. The van der Waals surface area contributed by atoms with E-state index in [0.717, 1.165) is 31.4 Å². The number of nitrogens with one attached hydrogen (secondary N) is 2. The van der Waals surface area contributed by atoms with Gasteiger partial charge in [0.05, 0.1) is 12.8 Å². The van der Waals surface area contributed by atoms with Crippen LogP contribution in [0.1, 0.15) is 48.2 Å². The molecule has 24 heavy (non-hydrogen) atoms. The van der Waals surface area contributed by atoms with Crippen molar-refractivity contribution < 1.29 is 14.0 Å². The summed E-state index contributed by atoms with van der Waals surface area (Å²) in [6, 6.07) is 10.6. The Morgan fingerprint density at radius 3 is 2.46 bits per heavy atom. The van der Waals surface area contributed by atoms with E-state index in [1.54, 1.807) is 36.6 Å². The fraction of sp³-hybridized carbons (Fsp3) is 0.368.